The minimum Gasteiger partial charge on any atom is -0.494 e. The second-order valence-electron chi connectivity index (χ2n) is 6.91. The zero-order chi connectivity index (χ0) is 22.9. The summed E-state index contributed by atoms with van der Waals surface area (Å²) >= 11 is 0. The normalized spacial score (nSPS) is 10.3. The van der Waals surface area contributed by atoms with E-state index in [9.17, 15) is 14.4 Å². The van der Waals surface area contributed by atoms with E-state index in [0.717, 1.165) is 11.3 Å². The van der Waals surface area contributed by atoms with Crippen LogP contribution in [0.15, 0.2) is 71.3 Å². The Labute approximate surface area is 185 Å². The van der Waals surface area contributed by atoms with Crippen molar-refractivity contribution in [2.45, 2.75) is 13.5 Å². The Kier molecular flexibility index (Phi) is 7.64. The number of furan rings is 1. The molecular weight excluding hydrogens is 412 g/mol. The number of esters is 1. The molecule has 1 aromatic heterocycles. The van der Waals surface area contributed by atoms with Crippen LogP contribution in [0.1, 0.15) is 33.4 Å². The first kappa shape index (κ1) is 22.6. The quantitative estimate of drug-likeness (QED) is 0.513. The summed E-state index contributed by atoms with van der Waals surface area (Å²) in [6.07, 6.45) is 1.41. The predicted molar refractivity (Wildman–Crippen MR) is 117 cm³/mol. The Morgan fingerprint density at radius 1 is 1.00 bits per heavy atom. The van der Waals surface area contributed by atoms with Crippen LogP contribution in [-0.4, -0.2) is 42.9 Å². The Morgan fingerprint density at radius 2 is 1.72 bits per heavy atom. The summed E-state index contributed by atoms with van der Waals surface area (Å²) in [5, 5.41) is 2.66. The number of ether oxygens (including phenoxy) is 2. The summed E-state index contributed by atoms with van der Waals surface area (Å²) in [5.74, 6) is -0.398. The van der Waals surface area contributed by atoms with Gasteiger partial charge in [-0.2, -0.15) is 0 Å². The van der Waals surface area contributed by atoms with Crippen molar-refractivity contribution in [2.24, 2.45) is 0 Å². The van der Waals surface area contributed by atoms with E-state index in [1.54, 1.807) is 31.3 Å². The number of nitrogens with one attached hydrogen (secondary N) is 1. The SMILES string of the molecule is CCOc1ccc(CN(C)C(=O)COC(=O)c2ccc(NC(=O)c3ccco3)cc2)cc1. The lowest BCUT2D eigenvalue weighted by Crippen LogP contribution is -2.30. The third-order valence-corrected chi connectivity index (χ3v) is 4.53. The summed E-state index contributed by atoms with van der Waals surface area (Å²) in [5.41, 5.74) is 1.69. The highest BCUT2D eigenvalue weighted by Crippen LogP contribution is 2.14. The zero-order valence-corrected chi connectivity index (χ0v) is 17.9. The number of carbonyl (C=O) groups is 3. The minimum absolute atomic E-state index is 0.182. The first-order chi connectivity index (χ1) is 15.5. The zero-order valence-electron chi connectivity index (χ0n) is 17.9. The number of benzene rings is 2. The van der Waals surface area contributed by atoms with Crippen LogP contribution in [-0.2, 0) is 16.1 Å². The number of anilines is 1. The maximum atomic E-state index is 12.3. The van der Waals surface area contributed by atoms with E-state index >= 15 is 0 Å². The molecule has 0 unspecified atom stereocenters. The number of likely N-dealkylation sites (N-methyl/N-ethyl adjacent to an activating group) is 1. The average Bonchev–Trinajstić information content (AvgIpc) is 3.34. The molecule has 3 rings (SSSR count). The lowest BCUT2D eigenvalue weighted by Gasteiger charge is -2.17. The average molecular weight is 436 g/mol. The van der Waals surface area contributed by atoms with Crippen LogP contribution >= 0.6 is 0 Å². The monoisotopic (exact) mass is 436 g/mol. The van der Waals surface area contributed by atoms with Crippen LogP contribution in [0.4, 0.5) is 5.69 Å². The fraction of sp³-hybridized carbons (Fsp3) is 0.208. The van der Waals surface area contributed by atoms with Gasteiger partial charge >= 0.3 is 5.97 Å². The highest BCUT2D eigenvalue weighted by Gasteiger charge is 2.15. The Morgan fingerprint density at radius 3 is 2.34 bits per heavy atom. The summed E-state index contributed by atoms with van der Waals surface area (Å²) in [7, 11) is 1.64. The van der Waals surface area contributed by atoms with Crippen molar-refractivity contribution >= 4 is 23.5 Å². The van der Waals surface area contributed by atoms with Gasteiger partial charge in [0.25, 0.3) is 11.8 Å². The van der Waals surface area contributed by atoms with Gasteiger partial charge in [-0.1, -0.05) is 12.1 Å². The maximum Gasteiger partial charge on any atom is 0.338 e. The van der Waals surface area contributed by atoms with Crippen LogP contribution in [0.2, 0.25) is 0 Å². The summed E-state index contributed by atoms with van der Waals surface area (Å²) < 4.78 is 15.6. The minimum atomic E-state index is -0.628. The van der Waals surface area contributed by atoms with Gasteiger partial charge in [0.1, 0.15) is 5.75 Å². The molecular formula is C24H24N2O6. The van der Waals surface area contributed by atoms with Crippen molar-refractivity contribution in [3.63, 3.8) is 0 Å². The standard InChI is InChI=1S/C24H24N2O6/c1-3-30-20-12-6-17(7-13-20)15-26(2)22(27)16-32-24(29)18-8-10-19(11-9-18)25-23(28)21-5-4-14-31-21/h4-14H,3,15-16H2,1-2H3,(H,25,28). The Hall–Kier alpha value is -4.07. The lowest BCUT2D eigenvalue weighted by molar-refractivity contribution is -0.133. The number of carbonyl (C=O) groups excluding carboxylic acids is 3. The molecule has 0 aliphatic rings. The van der Waals surface area contributed by atoms with E-state index in [0.29, 0.717) is 18.8 Å². The molecule has 1 heterocycles. The Balaban J connectivity index is 1.46. The summed E-state index contributed by atoms with van der Waals surface area (Å²) in [4.78, 5) is 38.0. The van der Waals surface area contributed by atoms with Crippen LogP contribution < -0.4 is 10.1 Å². The molecule has 0 atom stereocenters. The van der Waals surface area contributed by atoms with Gasteiger partial charge in [-0.05, 0) is 61.0 Å². The van der Waals surface area contributed by atoms with Crippen LogP contribution in [0.5, 0.6) is 5.75 Å². The van der Waals surface area contributed by atoms with Crippen LogP contribution in [0.25, 0.3) is 0 Å². The maximum absolute atomic E-state index is 12.3. The van der Waals surface area contributed by atoms with Gasteiger partial charge in [0.05, 0.1) is 18.4 Å². The number of hydrogen-bond donors (Lipinski definition) is 1. The molecule has 0 saturated heterocycles. The fourth-order valence-corrected chi connectivity index (χ4v) is 2.83. The van der Waals surface area contributed by atoms with Gasteiger partial charge in [0.2, 0.25) is 0 Å². The highest BCUT2D eigenvalue weighted by molar-refractivity contribution is 6.02. The molecule has 1 N–H and O–H groups in total. The molecule has 0 radical (unpaired) electrons. The van der Waals surface area contributed by atoms with E-state index < -0.39 is 11.9 Å². The first-order valence-electron chi connectivity index (χ1n) is 10.0. The van der Waals surface area contributed by atoms with E-state index in [1.807, 2.05) is 31.2 Å². The first-order valence-corrected chi connectivity index (χ1v) is 10.0. The second-order valence-corrected chi connectivity index (χ2v) is 6.91. The Bertz CT molecular complexity index is 1040. The molecule has 0 fully saturated rings. The molecule has 32 heavy (non-hydrogen) atoms. The van der Waals surface area contributed by atoms with Crippen molar-refractivity contribution in [1.82, 2.24) is 4.90 Å². The molecule has 8 nitrogen and oxygen atoms in total. The van der Waals surface area contributed by atoms with Crippen LogP contribution in [0, 0.1) is 0 Å². The van der Waals surface area contributed by atoms with Gasteiger partial charge in [-0.25, -0.2) is 4.79 Å². The molecule has 0 saturated carbocycles. The van der Waals surface area contributed by atoms with Gasteiger partial charge in [-0.15, -0.1) is 0 Å². The van der Waals surface area contributed by atoms with Gasteiger partial charge in [0.15, 0.2) is 12.4 Å². The number of rotatable bonds is 9. The van der Waals surface area contributed by atoms with E-state index in [1.165, 1.54) is 23.3 Å². The van der Waals surface area contributed by atoms with Crippen LogP contribution in [0.3, 0.4) is 0 Å². The number of hydrogen-bond acceptors (Lipinski definition) is 6. The van der Waals surface area contributed by atoms with Crippen molar-refractivity contribution in [1.29, 1.82) is 0 Å². The largest absolute Gasteiger partial charge is 0.494 e. The fourth-order valence-electron chi connectivity index (χ4n) is 2.83. The summed E-state index contributed by atoms with van der Waals surface area (Å²) in [6, 6.07) is 16.8. The molecule has 3 aromatic rings. The van der Waals surface area contributed by atoms with Crippen molar-refractivity contribution < 1.29 is 28.3 Å². The molecule has 0 aliphatic carbocycles. The van der Waals surface area contributed by atoms with Crippen molar-refractivity contribution in [2.75, 3.05) is 25.6 Å². The number of amides is 2. The van der Waals surface area contributed by atoms with Gasteiger partial charge in [0, 0.05) is 19.3 Å². The van der Waals surface area contributed by atoms with Gasteiger partial charge in [-0.3, -0.25) is 9.59 Å². The van der Waals surface area contributed by atoms with E-state index in [-0.39, 0.29) is 23.8 Å². The third-order valence-electron chi connectivity index (χ3n) is 4.53. The number of nitrogens with zero attached hydrogens (tertiary/aromatic N) is 1. The third kappa shape index (κ3) is 6.21. The smallest absolute Gasteiger partial charge is 0.338 e. The highest BCUT2D eigenvalue weighted by atomic mass is 16.5. The molecule has 2 aromatic carbocycles. The molecule has 8 heteroatoms. The van der Waals surface area contributed by atoms with Gasteiger partial charge < -0.3 is 24.1 Å². The topological polar surface area (TPSA) is 98.1 Å². The molecule has 166 valence electrons. The lowest BCUT2D eigenvalue weighted by atomic mass is 10.2. The van der Waals surface area contributed by atoms with Crippen molar-refractivity contribution in [3.8, 4) is 5.75 Å². The molecule has 0 bridgehead atoms. The second kappa shape index (κ2) is 10.8. The molecule has 0 spiro atoms. The molecule has 2 amide bonds. The summed E-state index contributed by atoms with van der Waals surface area (Å²) in [6.45, 7) is 2.51. The van der Waals surface area contributed by atoms with Crippen molar-refractivity contribution in [3.05, 3.63) is 83.8 Å². The van der Waals surface area contributed by atoms with E-state index in [4.69, 9.17) is 13.9 Å². The molecule has 0 aliphatic heterocycles. The van der Waals surface area contributed by atoms with E-state index in [2.05, 4.69) is 5.32 Å². The predicted octanol–water partition coefficient (Wildman–Crippen LogP) is 3.75.